The summed E-state index contributed by atoms with van der Waals surface area (Å²) in [7, 11) is 0. The summed E-state index contributed by atoms with van der Waals surface area (Å²) in [5.74, 6) is -0.875. The molecule has 1 N–H and O–H groups in total. The number of carboxylic acids is 1. The molecule has 0 amide bonds. The van der Waals surface area contributed by atoms with Gasteiger partial charge in [0, 0.05) is 6.08 Å². The van der Waals surface area contributed by atoms with Crippen LogP contribution in [0.25, 0.3) is 11.1 Å². The Labute approximate surface area is 119 Å². The SMILES string of the molecule is C/C(=C\C(=O)O)CCc1cccc(-c2ccccc2)c1. The second-order valence-electron chi connectivity index (χ2n) is 4.90. The smallest absolute Gasteiger partial charge is 0.328 e. The second-order valence-corrected chi connectivity index (χ2v) is 4.90. The highest BCUT2D eigenvalue weighted by Gasteiger charge is 2.00. The van der Waals surface area contributed by atoms with Crippen LogP contribution in [0.5, 0.6) is 0 Å². The molecule has 2 nitrogen and oxygen atoms in total. The Morgan fingerprint density at radius 3 is 2.45 bits per heavy atom. The highest BCUT2D eigenvalue weighted by atomic mass is 16.4. The molecule has 0 aliphatic rings. The highest BCUT2D eigenvalue weighted by Crippen LogP contribution is 2.21. The molecule has 2 aromatic carbocycles. The van der Waals surface area contributed by atoms with Crippen molar-refractivity contribution >= 4 is 5.97 Å². The minimum Gasteiger partial charge on any atom is -0.478 e. The summed E-state index contributed by atoms with van der Waals surface area (Å²) in [6, 6.07) is 18.6. The van der Waals surface area contributed by atoms with Crippen LogP contribution in [0.1, 0.15) is 18.9 Å². The van der Waals surface area contributed by atoms with Crippen molar-refractivity contribution in [3.05, 3.63) is 71.8 Å². The van der Waals surface area contributed by atoms with Crippen LogP contribution < -0.4 is 0 Å². The molecule has 0 radical (unpaired) electrons. The molecule has 0 heterocycles. The summed E-state index contributed by atoms with van der Waals surface area (Å²) in [6.45, 7) is 1.86. The maximum Gasteiger partial charge on any atom is 0.328 e. The predicted molar refractivity (Wildman–Crippen MR) is 81.6 cm³/mol. The van der Waals surface area contributed by atoms with Crippen LogP contribution in [0, 0.1) is 0 Å². The van der Waals surface area contributed by atoms with Crippen molar-refractivity contribution in [2.45, 2.75) is 19.8 Å². The Kier molecular flexibility index (Phi) is 4.72. The Morgan fingerprint density at radius 1 is 1.05 bits per heavy atom. The van der Waals surface area contributed by atoms with E-state index in [1.165, 1.54) is 22.8 Å². The number of hydrogen-bond donors (Lipinski definition) is 1. The summed E-state index contributed by atoms with van der Waals surface area (Å²) in [5, 5.41) is 8.70. The third kappa shape index (κ3) is 4.09. The van der Waals surface area contributed by atoms with Crippen molar-refractivity contribution in [2.24, 2.45) is 0 Å². The molecule has 102 valence electrons. The van der Waals surface area contributed by atoms with Crippen LogP contribution in [-0.2, 0) is 11.2 Å². The molecular formula is C18H18O2. The van der Waals surface area contributed by atoms with Gasteiger partial charge in [0.1, 0.15) is 0 Å². The molecule has 2 aromatic rings. The summed E-state index contributed by atoms with van der Waals surface area (Å²) in [5.41, 5.74) is 4.52. The van der Waals surface area contributed by atoms with Crippen molar-refractivity contribution in [3.8, 4) is 11.1 Å². The van der Waals surface area contributed by atoms with Crippen LogP contribution in [0.15, 0.2) is 66.2 Å². The van der Waals surface area contributed by atoms with Crippen molar-refractivity contribution < 1.29 is 9.90 Å². The van der Waals surface area contributed by atoms with Gasteiger partial charge >= 0.3 is 5.97 Å². The largest absolute Gasteiger partial charge is 0.478 e. The quantitative estimate of drug-likeness (QED) is 0.818. The van der Waals surface area contributed by atoms with E-state index < -0.39 is 5.97 Å². The lowest BCUT2D eigenvalue weighted by Crippen LogP contribution is -1.92. The summed E-state index contributed by atoms with van der Waals surface area (Å²) in [4.78, 5) is 10.6. The fourth-order valence-corrected chi connectivity index (χ4v) is 2.16. The fraction of sp³-hybridized carbons (Fsp3) is 0.167. The van der Waals surface area contributed by atoms with E-state index in [0.717, 1.165) is 18.4 Å². The number of aliphatic carboxylic acids is 1. The lowest BCUT2D eigenvalue weighted by atomic mass is 9.99. The Morgan fingerprint density at radius 2 is 1.75 bits per heavy atom. The molecule has 0 bridgehead atoms. The van der Waals surface area contributed by atoms with Crippen molar-refractivity contribution in [1.29, 1.82) is 0 Å². The molecule has 0 atom stereocenters. The van der Waals surface area contributed by atoms with E-state index in [1.54, 1.807) is 0 Å². The minimum atomic E-state index is -0.875. The molecular weight excluding hydrogens is 248 g/mol. The number of hydrogen-bond acceptors (Lipinski definition) is 1. The second kappa shape index (κ2) is 6.71. The van der Waals surface area contributed by atoms with Gasteiger partial charge in [-0.15, -0.1) is 0 Å². The van der Waals surface area contributed by atoms with Gasteiger partial charge in [0.2, 0.25) is 0 Å². The molecule has 0 aliphatic carbocycles. The summed E-state index contributed by atoms with van der Waals surface area (Å²) >= 11 is 0. The van der Waals surface area contributed by atoms with Gasteiger partial charge < -0.3 is 5.11 Å². The standard InChI is InChI=1S/C18H18O2/c1-14(12-18(19)20)10-11-15-6-5-9-17(13-15)16-7-3-2-4-8-16/h2-9,12-13H,10-11H2,1H3,(H,19,20)/b14-12+. The monoisotopic (exact) mass is 266 g/mol. The van der Waals surface area contributed by atoms with E-state index in [0.29, 0.717) is 0 Å². The first-order valence-electron chi connectivity index (χ1n) is 6.69. The fourth-order valence-electron chi connectivity index (χ4n) is 2.16. The number of rotatable bonds is 5. The molecule has 0 saturated heterocycles. The zero-order valence-electron chi connectivity index (χ0n) is 11.5. The van der Waals surface area contributed by atoms with E-state index in [9.17, 15) is 4.79 Å². The number of carboxylic acid groups (broad SMARTS) is 1. The average molecular weight is 266 g/mol. The van der Waals surface area contributed by atoms with Crippen molar-refractivity contribution in [1.82, 2.24) is 0 Å². The number of carbonyl (C=O) groups is 1. The first-order chi connectivity index (χ1) is 9.65. The molecule has 0 unspecified atom stereocenters. The Balaban J connectivity index is 2.09. The molecule has 0 fully saturated rings. The first kappa shape index (κ1) is 14.1. The van der Waals surface area contributed by atoms with Crippen molar-refractivity contribution in [3.63, 3.8) is 0 Å². The lowest BCUT2D eigenvalue weighted by Gasteiger charge is -2.06. The highest BCUT2D eigenvalue weighted by molar-refractivity contribution is 5.80. The molecule has 0 aromatic heterocycles. The molecule has 0 aliphatic heterocycles. The van der Waals surface area contributed by atoms with Gasteiger partial charge in [-0.05, 0) is 36.5 Å². The van der Waals surface area contributed by atoms with Gasteiger partial charge in [0.25, 0.3) is 0 Å². The van der Waals surface area contributed by atoms with Gasteiger partial charge in [-0.2, -0.15) is 0 Å². The lowest BCUT2D eigenvalue weighted by molar-refractivity contribution is -0.131. The maximum atomic E-state index is 10.6. The van der Waals surface area contributed by atoms with Gasteiger partial charge in [0.05, 0.1) is 0 Å². The average Bonchev–Trinajstić information content (AvgIpc) is 2.46. The van der Waals surface area contributed by atoms with Crippen LogP contribution in [0.4, 0.5) is 0 Å². The van der Waals surface area contributed by atoms with Crippen LogP contribution in [0.2, 0.25) is 0 Å². The van der Waals surface area contributed by atoms with Gasteiger partial charge in [-0.1, -0.05) is 60.2 Å². The van der Waals surface area contributed by atoms with E-state index in [2.05, 4.69) is 30.3 Å². The zero-order valence-corrected chi connectivity index (χ0v) is 11.5. The number of benzene rings is 2. The first-order valence-corrected chi connectivity index (χ1v) is 6.69. The molecule has 2 heteroatoms. The van der Waals surface area contributed by atoms with E-state index >= 15 is 0 Å². The minimum absolute atomic E-state index is 0.768. The van der Waals surface area contributed by atoms with Gasteiger partial charge in [-0.25, -0.2) is 4.79 Å². The Bertz CT molecular complexity index is 612. The van der Waals surface area contributed by atoms with Gasteiger partial charge in [-0.3, -0.25) is 0 Å². The third-order valence-electron chi connectivity index (χ3n) is 3.21. The number of aryl methyl sites for hydroxylation is 1. The molecule has 0 saturated carbocycles. The zero-order chi connectivity index (χ0) is 14.4. The van der Waals surface area contributed by atoms with E-state index in [-0.39, 0.29) is 0 Å². The van der Waals surface area contributed by atoms with Crippen molar-refractivity contribution in [2.75, 3.05) is 0 Å². The normalized spacial score (nSPS) is 11.3. The van der Waals surface area contributed by atoms with Crippen LogP contribution in [-0.4, -0.2) is 11.1 Å². The van der Waals surface area contributed by atoms with Crippen LogP contribution >= 0.6 is 0 Å². The van der Waals surface area contributed by atoms with Crippen LogP contribution in [0.3, 0.4) is 0 Å². The van der Waals surface area contributed by atoms with E-state index in [4.69, 9.17) is 5.11 Å². The molecule has 20 heavy (non-hydrogen) atoms. The molecule has 0 spiro atoms. The third-order valence-corrected chi connectivity index (χ3v) is 3.21. The summed E-state index contributed by atoms with van der Waals surface area (Å²) in [6.07, 6.45) is 2.90. The molecule has 2 rings (SSSR count). The summed E-state index contributed by atoms with van der Waals surface area (Å²) < 4.78 is 0. The predicted octanol–water partition coefficient (Wildman–Crippen LogP) is 4.32. The topological polar surface area (TPSA) is 37.3 Å². The van der Waals surface area contributed by atoms with E-state index in [1.807, 2.05) is 31.2 Å². The van der Waals surface area contributed by atoms with Gasteiger partial charge in [0.15, 0.2) is 0 Å². The Hall–Kier alpha value is -2.35. The number of allylic oxidation sites excluding steroid dienone is 1. The maximum absolute atomic E-state index is 10.6.